The van der Waals surface area contributed by atoms with E-state index in [1.54, 1.807) is 7.11 Å². The number of hydrogen-bond donors (Lipinski definition) is 2. The first kappa shape index (κ1) is 16.2. The molecule has 0 aromatic heterocycles. The van der Waals surface area contributed by atoms with Crippen molar-refractivity contribution in [2.24, 2.45) is 0 Å². The summed E-state index contributed by atoms with van der Waals surface area (Å²) in [6.45, 7) is 1.71. The third-order valence-corrected chi connectivity index (χ3v) is 2.49. The van der Waals surface area contributed by atoms with Crippen LogP contribution in [-0.2, 0) is 9.47 Å². The maximum atomic E-state index is 13.2. The van der Waals surface area contributed by atoms with Crippen molar-refractivity contribution in [3.05, 3.63) is 23.5 Å². The number of halogens is 1. The van der Waals surface area contributed by atoms with Gasteiger partial charge in [-0.15, -0.1) is 0 Å². The molecule has 6 nitrogen and oxygen atoms in total. The van der Waals surface area contributed by atoms with E-state index in [-0.39, 0.29) is 17.9 Å². The molecule has 1 aromatic carbocycles. The number of methoxy groups -OCH3 is 1. The average molecular weight is 287 g/mol. The largest absolute Gasteiger partial charge is 0.493 e. The molecule has 0 fully saturated rings. The fraction of sp³-hybridized carbons (Fsp3) is 0.462. The Labute approximate surface area is 116 Å². The van der Waals surface area contributed by atoms with E-state index < -0.39 is 17.5 Å². The molecular formula is C13H18FNO5. The Bertz CT molecular complexity index is 453. The minimum atomic E-state index is -1.33. The monoisotopic (exact) mass is 287 g/mol. The molecule has 3 N–H and O–H groups in total. The second kappa shape index (κ2) is 8.34. The number of nitrogen functional groups attached to an aromatic ring is 1. The molecule has 0 aliphatic heterocycles. The molecule has 20 heavy (non-hydrogen) atoms. The topological polar surface area (TPSA) is 91.0 Å². The van der Waals surface area contributed by atoms with Crippen LogP contribution in [0.15, 0.2) is 12.1 Å². The highest BCUT2D eigenvalue weighted by Crippen LogP contribution is 2.27. The second-order valence-electron chi connectivity index (χ2n) is 3.95. The lowest BCUT2D eigenvalue weighted by Gasteiger charge is -2.11. The third kappa shape index (κ3) is 4.67. The van der Waals surface area contributed by atoms with Crippen LogP contribution in [0.1, 0.15) is 16.8 Å². The fourth-order valence-corrected chi connectivity index (χ4v) is 1.50. The summed E-state index contributed by atoms with van der Waals surface area (Å²) in [4.78, 5) is 11.0. The molecule has 0 atom stereocenters. The highest BCUT2D eigenvalue weighted by atomic mass is 19.1. The van der Waals surface area contributed by atoms with Crippen LogP contribution in [0.5, 0.6) is 5.75 Å². The Morgan fingerprint density at radius 1 is 1.30 bits per heavy atom. The van der Waals surface area contributed by atoms with E-state index in [0.29, 0.717) is 26.2 Å². The Kier molecular flexibility index (Phi) is 6.75. The second-order valence-corrected chi connectivity index (χ2v) is 3.95. The van der Waals surface area contributed by atoms with E-state index in [1.807, 2.05) is 0 Å². The summed E-state index contributed by atoms with van der Waals surface area (Å²) in [7, 11) is 1.58. The van der Waals surface area contributed by atoms with E-state index >= 15 is 0 Å². The van der Waals surface area contributed by atoms with Crippen LogP contribution in [0.3, 0.4) is 0 Å². The number of benzene rings is 1. The highest BCUT2D eigenvalue weighted by Gasteiger charge is 2.18. The van der Waals surface area contributed by atoms with Crippen LogP contribution < -0.4 is 10.5 Å². The summed E-state index contributed by atoms with van der Waals surface area (Å²) in [6.07, 6.45) is 0.569. The smallest absolute Gasteiger partial charge is 0.341 e. The molecule has 0 unspecified atom stereocenters. The SMILES string of the molecule is COCCOCCCOc1ccc(F)c(N)c1C(=O)O. The number of aromatic carboxylic acids is 1. The van der Waals surface area contributed by atoms with Crippen molar-refractivity contribution < 1.29 is 28.5 Å². The molecule has 112 valence electrons. The normalized spacial score (nSPS) is 10.5. The summed E-state index contributed by atoms with van der Waals surface area (Å²) < 4.78 is 28.5. The van der Waals surface area contributed by atoms with Gasteiger partial charge in [0.25, 0.3) is 0 Å². The third-order valence-electron chi connectivity index (χ3n) is 2.49. The van der Waals surface area contributed by atoms with Gasteiger partial charge in [0.15, 0.2) is 0 Å². The predicted octanol–water partition coefficient (Wildman–Crippen LogP) is 1.54. The highest BCUT2D eigenvalue weighted by molar-refractivity contribution is 5.96. The summed E-state index contributed by atoms with van der Waals surface area (Å²) in [6, 6.07) is 2.33. The van der Waals surface area contributed by atoms with Crippen molar-refractivity contribution in [3.8, 4) is 5.75 Å². The molecule has 0 amide bonds. The van der Waals surface area contributed by atoms with Crippen molar-refractivity contribution in [3.63, 3.8) is 0 Å². The Morgan fingerprint density at radius 3 is 2.70 bits per heavy atom. The Balaban J connectivity index is 2.48. The molecule has 0 saturated heterocycles. The van der Waals surface area contributed by atoms with Gasteiger partial charge in [-0.05, 0) is 12.1 Å². The Hall–Kier alpha value is -1.86. The molecule has 0 aliphatic carbocycles. The average Bonchev–Trinajstić information content (AvgIpc) is 2.41. The van der Waals surface area contributed by atoms with Gasteiger partial charge in [-0.25, -0.2) is 9.18 Å². The zero-order chi connectivity index (χ0) is 15.0. The van der Waals surface area contributed by atoms with Crippen molar-refractivity contribution in [1.82, 2.24) is 0 Å². The van der Waals surface area contributed by atoms with Gasteiger partial charge in [0.05, 0.1) is 25.5 Å². The number of carbonyl (C=O) groups is 1. The first-order valence-corrected chi connectivity index (χ1v) is 6.08. The molecule has 7 heteroatoms. The van der Waals surface area contributed by atoms with Crippen molar-refractivity contribution in [2.45, 2.75) is 6.42 Å². The van der Waals surface area contributed by atoms with Gasteiger partial charge >= 0.3 is 5.97 Å². The predicted molar refractivity (Wildman–Crippen MR) is 70.6 cm³/mol. The van der Waals surface area contributed by atoms with Crippen molar-refractivity contribution in [1.29, 1.82) is 0 Å². The fourth-order valence-electron chi connectivity index (χ4n) is 1.50. The summed E-state index contributed by atoms with van der Waals surface area (Å²) in [5.41, 5.74) is 4.61. The van der Waals surface area contributed by atoms with Gasteiger partial charge in [0.2, 0.25) is 0 Å². The zero-order valence-electron chi connectivity index (χ0n) is 11.2. The van der Waals surface area contributed by atoms with E-state index in [0.717, 1.165) is 6.07 Å². The molecule has 1 aromatic rings. The summed E-state index contributed by atoms with van der Waals surface area (Å²) in [5.74, 6) is -2.06. The summed E-state index contributed by atoms with van der Waals surface area (Å²) >= 11 is 0. The molecule has 0 saturated carbocycles. The maximum absolute atomic E-state index is 13.2. The number of nitrogens with two attached hydrogens (primary N) is 1. The molecule has 0 bridgehead atoms. The lowest BCUT2D eigenvalue weighted by Crippen LogP contribution is -2.11. The molecular weight excluding hydrogens is 269 g/mol. The van der Waals surface area contributed by atoms with Crippen LogP contribution in [0.25, 0.3) is 0 Å². The van der Waals surface area contributed by atoms with Gasteiger partial charge in [-0.1, -0.05) is 0 Å². The molecule has 0 aliphatic rings. The van der Waals surface area contributed by atoms with Crippen LogP contribution >= 0.6 is 0 Å². The number of ether oxygens (including phenoxy) is 3. The number of anilines is 1. The van der Waals surface area contributed by atoms with Crippen molar-refractivity contribution in [2.75, 3.05) is 39.3 Å². The Morgan fingerprint density at radius 2 is 2.05 bits per heavy atom. The van der Waals surface area contributed by atoms with Gasteiger partial charge in [0, 0.05) is 20.1 Å². The first-order valence-electron chi connectivity index (χ1n) is 6.08. The van der Waals surface area contributed by atoms with E-state index in [2.05, 4.69) is 0 Å². The van der Waals surface area contributed by atoms with Crippen LogP contribution in [0.4, 0.5) is 10.1 Å². The number of rotatable bonds is 9. The van der Waals surface area contributed by atoms with E-state index in [9.17, 15) is 9.18 Å². The van der Waals surface area contributed by atoms with Gasteiger partial charge in [-0.2, -0.15) is 0 Å². The minimum absolute atomic E-state index is 0.0493. The van der Waals surface area contributed by atoms with Crippen LogP contribution in [0, 0.1) is 5.82 Å². The lowest BCUT2D eigenvalue weighted by molar-refractivity contribution is 0.0637. The van der Waals surface area contributed by atoms with Gasteiger partial charge in [-0.3, -0.25) is 0 Å². The van der Waals surface area contributed by atoms with E-state index in [4.69, 9.17) is 25.1 Å². The molecule has 1 rings (SSSR count). The van der Waals surface area contributed by atoms with Gasteiger partial charge < -0.3 is 25.1 Å². The first-order chi connectivity index (χ1) is 9.57. The molecule has 0 radical (unpaired) electrons. The maximum Gasteiger partial charge on any atom is 0.341 e. The molecule has 0 spiro atoms. The quantitative estimate of drug-likeness (QED) is 0.529. The van der Waals surface area contributed by atoms with Crippen LogP contribution in [0.2, 0.25) is 0 Å². The van der Waals surface area contributed by atoms with Crippen molar-refractivity contribution >= 4 is 11.7 Å². The minimum Gasteiger partial charge on any atom is -0.493 e. The standard InChI is InChI=1S/C13H18FNO5/c1-18-7-8-19-5-2-6-20-10-4-3-9(14)12(15)11(10)13(16)17/h3-4H,2,5-8,15H2,1H3,(H,16,17). The lowest BCUT2D eigenvalue weighted by atomic mass is 10.1. The number of carboxylic acids is 1. The molecule has 0 heterocycles. The zero-order valence-corrected chi connectivity index (χ0v) is 11.2. The number of hydrogen-bond acceptors (Lipinski definition) is 5. The summed E-state index contributed by atoms with van der Waals surface area (Å²) in [5, 5.41) is 9.01. The van der Waals surface area contributed by atoms with Gasteiger partial charge in [0.1, 0.15) is 17.1 Å². The number of carboxylic acid groups (broad SMARTS) is 1. The van der Waals surface area contributed by atoms with E-state index in [1.165, 1.54) is 6.07 Å². The van der Waals surface area contributed by atoms with Crippen LogP contribution in [-0.4, -0.2) is 44.6 Å².